The van der Waals surface area contributed by atoms with Crippen molar-refractivity contribution in [3.05, 3.63) is 107 Å². The molecule has 1 aliphatic rings. The molecule has 2 aromatic heterocycles. The Bertz CT molecular complexity index is 2170. The summed E-state index contributed by atoms with van der Waals surface area (Å²) in [4.78, 5) is 21.7. The number of anilines is 1. The predicted octanol–water partition coefficient (Wildman–Crippen LogP) is 5.77. The van der Waals surface area contributed by atoms with Crippen LogP contribution in [0.1, 0.15) is 27.2 Å². The maximum Gasteiger partial charge on any atom is 0.274 e. The van der Waals surface area contributed by atoms with Crippen molar-refractivity contribution in [3.8, 4) is 40.1 Å². The molecule has 0 unspecified atom stereocenters. The fraction of sp³-hybridized carbons (Fsp3) is 0.237. The summed E-state index contributed by atoms with van der Waals surface area (Å²) in [5, 5.41) is 18.1. The van der Waals surface area contributed by atoms with Crippen molar-refractivity contribution >= 4 is 22.4 Å². The number of methoxy groups -OCH3 is 4. The first kappa shape index (κ1) is 32.5. The van der Waals surface area contributed by atoms with E-state index in [1.165, 1.54) is 28.6 Å². The summed E-state index contributed by atoms with van der Waals surface area (Å²) in [5.74, 6) is 2.35. The molecule has 1 amide bonds. The Morgan fingerprint density at radius 2 is 1.48 bits per heavy atom. The summed E-state index contributed by atoms with van der Waals surface area (Å²) < 4.78 is 22.1. The number of carbonyl (C=O) groups excluding carboxylic acids is 1. The number of rotatable bonds is 11. The second-order valence-electron chi connectivity index (χ2n) is 11.9. The van der Waals surface area contributed by atoms with Crippen molar-refractivity contribution < 1.29 is 23.7 Å². The molecule has 12 nitrogen and oxygen atoms in total. The van der Waals surface area contributed by atoms with Crippen molar-refractivity contribution in [2.75, 3.05) is 46.8 Å². The van der Waals surface area contributed by atoms with Gasteiger partial charge in [0.05, 0.1) is 45.4 Å². The molecular weight excluding hydrogens is 634 g/mol. The fourth-order valence-electron chi connectivity index (χ4n) is 6.21. The normalized spacial score (nSPS) is 12.7. The number of fused-ring (bicyclic) bond motifs is 2. The first-order chi connectivity index (χ1) is 24.5. The maximum absolute atomic E-state index is 13.4. The van der Waals surface area contributed by atoms with Crippen LogP contribution in [-0.2, 0) is 19.4 Å². The molecule has 7 rings (SSSR count). The van der Waals surface area contributed by atoms with Gasteiger partial charge in [-0.1, -0.05) is 36.4 Å². The molecule has 1 aliphatic heterocycles. The number of pyridine rings is 1. The van der Waals surface area contributed by atoms with Gasteiger partial charge < -0.3 is 24.3 Å². The molecular formula is C38H37N7O5. The van der Waals surface area contributed by atoms with Crippen LogP contribution < -0.4 is 24.3 Å². The van der Waals surface area contributed by atoms with E-state index < -0.39 is 0 Å². The highest BCUT2D eigenvalue weighted by Gasteiger charge is 2.21. The van der Waals surface area contributed by atoms with Gasteiger partial charge in [-0.25, -0.2) is 0 Å². The number of amides is 1. The summed E-state index contributed by atoms with van der Waals surface area (Å²) in [6, 6.07) is 25.2. The lowest BCUT2D eigenvalue weighted by Crippen LogP contribution is -2.32. The topological polar surface area (TPSA) is 126 Å². The average molecular weight is 672 g/mol. The van der Waals surface area contributed by atoms with Gasteiger partial charge in [-0.3, -0.25) is 14.7 Å². The fourth-order valence-corrected chi connectivity index (χ4v) is 6.21. The number of nitrogens with zero attached hydrogens (tertiary/aromatic N) is 6. The number of carbonyl (C=O) groups is 1. The molecule has 0 saturated carbocycles. The van der Waals surface area contributed by atoms with Crippen LogP contribution in [0.15, 0.2) is 85.1 Å². The molecule has 4 aromatic carbocycles. The van der Waals surface area contributed by atoms with Gasteiger partial charge in [-0.15, -0.1) is 15.0 Å². The Morgan fingerprint density at radius 1 is 0.800 bits per heavy atom. The van der Waals surface area contributed by atoms with E-state index in [9.17, 15) is 4.79 Å². The summed E-state index contributed by atoms with van der Waals surface area (Å²) in [6.07, 6.45) is 3.56. The minimum Gasteiger partial charge on any atom is -0.493 e. The Labute approximate surface area is 289 Å². The number of benzene rings is 4. The molecule has 3 heterocycles. The highest BCUT2D eigenvalue weighted by atomic mass is 16.5. The SMILES string of the molecule is COc1cc2c(cc1OC)CN(CCc1ccc(-n3nnc(-c4cc(OC)c(OC)cc4NC(=O)c4cc5ccccc5cn4)n3)cc1)CC2. The monoisotopic (exact) mass is 671 g/mol. The number of hydrogen-bond donors (Lipinski definition) is 1. The van der Waals surface area contributed by atoms with Crippen LogP contribution >= 0.6 is 0 Å². The molecule has 0 radical (unpaired) electrons. The molecule has 0 fully saturated rings. The zero-order valence-corrected chi connectivity index (χ0v) is 28.3. The van der Waals surface area contributed by atoms with Gasteiger partial charge in [0.1, 0.15) is 5.69 Å². The Kier molecular flexibility index (Phi) is 9.26. The van der Waals surface area contributed by atoms with E-state index in [1.807, 2.05) is 36.4 Å². The number of aromatic nitrogens is 5. The molecule has 6 aromatic rings. The minimum atomic E-state index is -0.388. The third-order valence-electron chi connectivity index (χ3n) is 8.97. The zero-order valence-electron chi connectivity index (χ0n) is 28.3. The Morgan fingerprint density at radius 3 is 2.22 bits per heavy atom. The molecule has 1 N–H and O–H groups in total. The number of hydrogen-bond acceptors (Lipinski definition) is 10. The van der Waals surface area contributed by atoms with E-state index in [1.54, 1.807) is 45.7 Å². The van der Waals surface area contributed by atoms with Crippen LogP contribution in [0.2, 0.25) is 0 Å². The standard InChI is InChI=1S/C38H37N7O5/c1-47-33-18-26-14-16-44(23-28(26)19-34(33)48-2)15-13-24-9-11-29(12-10-24)45-42-37(41-43-45)30-20-35(49-3)36(50-4)21-31(30)40-38(46)32-17-25-7-5-6-8-27(25)22-39-32/h5-12,17-22H,13-16,23H2,1-4H3,(H,40,46). The van der Waals surface area contributed by atoms with Crippen molar-refractivity contribution in [2.45, 2.75) is 19.4 Å². The predicted molar refractivity (Wildman–Crippen MR) is 190 cm³/mol. The third-order valence-corrected chi connectivity index (χ3v) is 8.97. The minimum absolute atomic E-state index is 0.270. The van der Waals surface area contributed by atoms with Crippen LogP contribution in [0.25, 0.3) is 27.8 Å². The van der Waals surface area contributed by atoms with Crippen molar-refractivity contribution in [3.63, 3.8) is 0 Å². The zero-order chi connectivity index (χ0) is 34.6. The van der Waals surface area contributed by atoms with Crippen LogP contribution in [-0.4, -0.2) is 77.5 Å². The summed E-state index contributed by atoms with van der Waals surface area (Å²) in [7, 11) is 6.42. The van der Waals surface area contributed by atoms with Crippen LogP contribution in [0.4, 0.5) is 5.69 Å². The highest BCUT2D eigenvalue weighted by molar-refractivity contribution is 6.06. The average Bonchev–Trinajstić information content (AvgIpc) is 3.66. The van der Waals surface area contributed by atoms with Crippen LogP contribution in [0, 0.1) is 0 Å². The summed E-state index contributed by atoms with van der Waals surface area (Å²) in [5.41, 5.74) is 5.76. The largest absolute Gasteiger partial charge is 0.493 e. The highest BCUT2D eigenvalue weighted by Crippen LogP contribution is 2.38. The quantitative estimate of drug-likeness (QED) is 0.182. The van der Waals surface area contributed by atoms with E-state index in [0.717, 1.165) is 60.4 Å². The molecule has 0 atom stereocenters. The lowest BCUT2D eigenvalue weighted by atomic mass is 9.98. The van der Waals surface area contributed by atoms with Gasteiger partial charge in [0.15, 0.2) is 23.0 Å². The first-order valence-corrected chi connectivity index (χ1v) is 16.2. The molecule has 0 spiro atoms. The van der Waals surface area contributed by atoms with E-state index >= 15 is 0 Å². The van der Waals surface area contributed by atoms with Gasteiger partial charge in [0, 0.05) is 37.3 Å². The van der Waals surface area contributed by atoms with Gasteiger partial charge >= 0.3 is 0 Å². The van der Waals surface area contributed by atoms with Crippen molar-refractivity contribution in [1.29, 1.82) is 0 Å². The van der Waals surface area contributed by atoms with Crippen molar-refractivity contribution in [2.24, 2.45) is 0 Å². The number of nitrogens with one attached hydrogen (secondary N) is 1. The van der Waals surface area contributed by atoms with E-state index in [-0.39, 0.29) is 11.6 Å². The first-order valence-electron chi connectivity index (χ1n) is 16.2. The molecule has 12 heteroatoms. The molecule has 0 aliphatic carbocycles. The molecule has 50 heavy (non-hydrogen) atoms. The maximum atomic E-state index is 13.4. The van der Waals surface area contributed by atoms with E-state index in [4.69, 9.17) is 18.9 Å². The van der Waals surface area contributed by atoms with E-state index in [0.29, 0.717) is 28.6 Å². The Hall–Kier alpha value is -6.01. The second kappa shape index (κ2) is 14.2. The van der Waals surface area contributed by atoms with Crippen LogP contribution in [0.3, 0.4) is 0 Å². The number of tetrazole rings is 1. The van der Waals surface area contributed by atoms with Gasteiger partial charge in [-0.05, 0) is 76.5 Å². The Balaban J connectivity index is 1.06. The second-order valence-corrected chi connectivity index (χ2v) is 11.9. The lowest BCUT2D eigenvalue weighted by Gasteiger charge is -2.29. The van der Waals surface area contributed by atoms with Gasteiger partial charge in [-0.2, -0.15) is 0 Å². The van der Waals surface area contributed by atoms with Gasteiger partial charge in [0.25, 0.3) is 5.91 Å². The number of ether oxygens (including phenoxy) is 4. The lowest BCUT2D eigenvalue weighted by molar-refractivity contribution is 0.102. The molecule has 0 bridgehead atoms. The third kappa shape index (κ3) is 6.65. The summed E-state index contributed by atoms with van der Waals surface area (Å²) in [6.45, 7) is 2.79. The van der Waals surface area contributed by atoms with Crippen LogP contribution in [0.5, 0.6) is 23.0 Å². The van der Waals surface area contributed by atoms with E-state index in [2.05, 4.69) is 54.9 Å². The molecule has 254 valence electrons. The van der Waals surface area contributed by atoms with Crippen molar-refractivity contribution in [1.82, 2.24) is 30.1 Å². The summed E-state index contributed by atoms with van der Waals surface area (Å²) >= 11 is 0. The molecule has 0 saturated heterocycles. The smallest absolute Gasteiger partial charge is 0.274 e. The van der Waals surface area contributed by atoms with Gasteiger partial charge in [0.2, 0.25) is 5.82 Å².